The quantitative estimate of drug-likeness (QED) is 0.732. The summed E-state index contributed by atoms with van der Waals surface area (Å²) in [7, 11) is 0. The molecule has 0 amide bonds. The van der Waals surface area contributed by atoms with E-state index in [9.17, 15) is 0 Å². The van der Waals surface area contributed by atoms with Gasteiger partial charge < -0.3 is 10.1 Å². The van der Waals surface area contributed by atoms with Crippen molar-refractivity contribution < 1.29 is 4.74 Å². The highest BCUT2D eigenvalue weighted by molar-refractivity contribution is 9.10. The zero-order valence-electron chi connectivity index (χ0n) is 13.5. The van der Waals surface area contributed by atoms with Crippen molar-refractivity contribution in [2.75, 3.05) is 6.54 Å². The Morgan fingerprint density at radius 3 is 2.57 bits per heavy atom. The van der Waals surface area contributed by atoms with Gasteiger partial charge in [0.1, 0.15) is 5.75 Å². The van der Waals surface area contributed by atoms with E-state index < -0.39 is 0 Å². The van der Waals surface area contributed by atoms with Gasteiger partial charge in [0.05, 0.1) is 6.10 Å². The van der Waals surface area contributed by atoms with E-state index in [0.717, 1.165) is 22.7 Å². The van der Waals surface area contributed by atoms with Crippen molar-refractivity contribution in [3.05, 3.63) is 28.2 Å². The number of nitrogens with one attached hydrogen (secondary N) is 1. The largest absolute Gasteiger partial charge is 0.490 e. The smallest absolute Gasteiger partial charge is 0.124 e. The maximum Gasteiger partial charge on any atom is 0.124 e. The summed E-state index contributed by atoms with van der Waals surface area (Å²) in [6.45, 7) is 7.61. The molecule has 0 spiro atoms. The predicted molar refractivity (Wildman–Crippen MR) is 92.9 cm³/mol. The number of rotatable bonds is 6. The second-order valence-corrected chi connectivity index (χ2v) is 7.05. The Hall–Kier alpha value is -0.540. The normalized spacial score (nSPS) is 23.8. The summed E-state index contributed by atoms with van der Waals surface area (Å²) < 4.78 is 7.46. The molecule has 1 N–H and O–H groups in total. The number of hydrogen-bond donors (Lipinski definition) is 1. The third-order valence-corrected chi connectivity index (χ3v) is 5.11. The lowest BCUT2D eigenvalue weighted by molar-refractivity contribution is 0.128. The minimum absolute atomic E-state index is 0.314. The van der Waals surface area contributed by atoms with Gasteiger partial charge in [0.2, 0.25) is 0 Å². The van der Waals surface area contributed by atoms with Gasteiger partial charge in [-0.15, -0.1) is 0 Å². The van der Waals surface area contributed by atoms with Gasteiger partial charge in [-0.3, -0.25) is 0 Å². The minimum atomic E-state index is 0.314. The van der Waals surface area contributed by atoms with Crippen LogP contribution in [0.4, 0.5) is 0 Å². The Morgan fingerprint density at radius 1 is 1.24 bits per heavy atom. The standard InChI is InChI=1S/C18H28BrNO/c1-4-14-6-9-16(10-7-14)21-18-11-8-15(19)12-17(18)13(3)20-5-2/h8,11-14,16,20H,4-7,9-10H2,1-3H3. The van der Waals surface area contributed by atoms with Gasteiger partial charge in [-0.05, 0) is 63.3 Å². The van der Waals surface area contributed by atoms with Gasteiger partial charge in [-0.25, -0.2) is 0 Å². The van der Waals surface area contributed by atoms with Crippen molar-refractivity contribution in [3.63, 3.8) is 0 Å². The van der Waals surface area contributed by atoms with Crippen LogP contribution in [0.5, 0.6) is 5.75 Å². The highest BCUT2D eigenvalue weighted by Crippen LogP contribution is 2.33. The highest BCUT2D eigenvalue weighted by Gasteiger charge is 2.22. The first kappa shape index (κ1) is 16.8. The molecule has 1 unspecified atom stereocenters. The van der Waals surface area contributed by atoms with Crippen molar-refractivity contribution >= 4 is 15.9 Å². The van der Waals surface area contributed by atoms with Crippen LogP contribution >= 0.6 is 15.9 Å². The SMILES string of the molecule is CCNC(C)c1cc(Br)ccc1OC1CCC(CC)CC1. The van der Waals surface area contributed by atoms with E-state index in [1.807, 2.05) is 0 Å². The molecule has 3 heteroatoms. The van der Waals surface area contributed by atoms with Gasteiger partial charge in [0.25, 0.3) is 0 Å². The Balaban J connectivity index is 2.05. The molecule has 1 aromatic rings. The Kier molecular flexibility index (Phi) is 6.56. The zero-order chi connectivity index (χ0) is 15.2. The highest BCUT2D eigenvalue weighted by atomic mass is 79.9. The third-order valence-electron chi connectivity index (χ3n) is 4.61. The van der Waals surface area contributed by atoms with Gasteiger partial charge in [-0.2, -0.15) is 0 Å². The lowest BCUT2D eigenvalue weighted by Crippen LogP contribution is -2.25. The van der Waals surface area contributed by atoms with Crippen molar-refractivity contribution in [2.24, 2.45) is 5.92 Å². The molecular formula is C18H28BrNO. The van der Waals surface area contributed by atoms with Crippen LogP contribution in [0.3, 0.4) is 0 Å². The molecule has 0 radical (unpaired) electrons. The number of ether oxygens (including phenoxy) is 1. The van der Waals surface area contributed by atoms with E-state index in [-0.39, 0.29) is 0 Å². The zero-order valence-corrected chi connectivity index (χ0v) is 15.1. The average molecular weight is 354 g/mol. The molecule has 2 nitrogen and oxygen atoms in total. The second kappa shape index (κ2) is 8.19. The van der Waals surface area contributed by atoms with Crippen LogP contribution < -0.4 is 10.1 Å². The topological polar surface area (TPSA) is 21.3 Å². The molecule has 2 rings (SSSR count). The molecule has 1 aliphatic carbocycles. The molecule has 1 aliphatic rings. The van der Waals surface area contributed by atoms with Crippen LogP contribution in [0, 0.1) is 5.92 Å². The van der Waals surface area contributed by atoms with Gasteiger partial charge >= 0.3 is 0 Å². The van der Waals surface area contributed by atoms with E-state index in [2.05, 4.69) is 60.2 Å². The van der Waals surface area contributed by atoms with Gasteiger partial charge in [0, 0.05) is 16.1 Å². The molecular weight excluding hydrogens is 326 g/mol. The van der Waals surface area contributed by atoms with Crippen LogP contribution in [0.15, 0.2) is 22.7 Å². The summed E-state index contributed by atoms with van der Waals surface area (Å²) in [5.41, 5.74) is 1.25. The monoisotopic (exact) mass is 353 g/mol. The van der Waals surface area contributed by atoms with Crippen LogP contribution in [0.2, 0.25) is 0 Å². The Bertz CT molecular complexity index is 441. The third kappa shape index (κ3) is 4.72. The molecule has 0 saturated heterocycles. The molecule has 1 saturated carbocycles. The molecule has 1 fully saturated rings. The number of benzene rings is 1. The summed E-state index contributed by atoms with van der Waals surface area (Å²) in [5, 5.41) is 3.48. The fraction of sp³-hybridized carbons (Fsp3) is 0.667. The average Bonchev–Trinajstić information content (AvgIpc) is 2.50. The van der Waals surface area contributed by atoms with Crippen LogP contribution in [-0.2, 0) is 0 Å². The summed E-state index contributed by atoms with van der Waals surface area (Å²) in [4.78, 5) is 0. The van der Waals surface area contributed by atoms with Crippen molar-refractivity contribution in [1.82, 2.24) is 5.32 Å². The maximum absolute atomic E-state index is 6.34. The first-order valence-electron chi connectivity index (χ1n) is 8.33. The fourth-order valence-electron chi connectivity index (χ4n) is 3.22. The van der Waals surface area contributed by atoms with Gasteiger partial charge in [0.15, 0.2) is 0 Å². The van der Waals surface area contributed by atoms with E-state index in [0.29, 0.717) is 12.1 Å². The summed E-state index contributed by atoms with van der Waals surface area (Å²) in [6.07, 6.45) is 6.73. The summed E-state index contributed by atoms with van der Waals surface area (Å²) >= 11 is 3.57. The Labute approximate surface area is 137 Å². The molecule has 0 bridgehead atoms. The predicted octanol–water partition coefficient (Wildman–Crippen LogP) is 5.47. The van der Waals surface area contributed by atoms with E-state index in [4.69, 9.17) is 4.74 Å². The van der Waals surface area contributed by atoms with E-state index in [1.165, 1.54) is 37.7 Å². The first-order valence-corrected chi connectivity index (χ1v) is 9.12. The van der Waals surface area contributed by atoms with E-state index >= 15 is 0 Å². The molecule has 1 atom stereocenters. The number of halogens is 1. The molecule has 118 valence electrons. The second-order valence-electron chi connectivity index (χ2n) is 6.13. The molecule has 1 aromatic carbocycles. The lowest BCUT2D eigenvalue weighted by Gasteiger charge is -2.29. The fourth-order valence-corrected chi connectivity index (χ4v) is 3.60. The van der Waals surface area contributed by atoms with Crippen LogP contribution in [0.25, 0.3) is 0 Å². The van der Waals surface area contributed by atoms with E-state index in [1.54, 1.807) is 0 Å². The minimum Gasteiger partial charge on any atom is -0.490 e. The molecule has 0 heterocycles. The van der Waals surface area contributed by atoms with Crippen LogP contribution in [0.1, 0.15) is 64.5 Å². The maximum atomic E-state index is 6.34. The summed E-state index contributed by atoms with van der Waals surface area (Å²) in [5.74, 6) is 1.96. The lowest BCUT2D eigenvalue weighted by atomic mass is 9.86. The van der Waals surface area contributed by atoms with Crippen molar-refractivity contribution in [3.8, 4) is 5.75 Å². The molecule has 0 aliphatic heterocycles. The molecule has 21 heavy (non-hydrogen) atoms. The Morgan fingerprint density at radius 2 is 1.95 bits per heavy atom. The van der Waals surface area contributed by atoms with Crippen molar-refractivity contribution in [1.29, 1.82) is 0 Å². The van der Waals surface area contributed by atoms with Gasteiger partial charge in [-0.1, -0.05) is 36.2 Å². The summed E-state index contributed by atoms with van der Waals surface area (Å²) in [6, 6.07) is 6.68. The first-order chi connectivity index (χ1) is 10.1. The van der Waals surface area contributed by atoms with Crippen LogP contribution in [-0.4, -0.2) is 12.6 Å². The van der Waals surface area contributed by atoms with Crippen molar-refractivity contribution in [2.45, 2.75) is 65.0 Å². The molecule has 0 aromatic heterocycles. The number of hydrogen-bond acceptors (Lipinski definition) is 2.